The van der Waals surface area contributed by atoms with Gasteiger partial charge in [-0.1, -0.05) is 30.3 Å². The van der Waals surface area contributed by atoms with Crippen LogP contribution in [0.25, 0.3) is 0 Å². The van der Waals surface area contributed by atoms with Crippen molar-refractivity contribution >= 4 is 22.1 Å². The molecule has 0 amide bonds. The molecule has 0 saturated heterocycles. The fourth-order valence-corrected chi connectivity index (χ4v) is 3.28. The van der Waals surface area contributed by atoms with Gasteiger partial charge in [-0.2, -0.15) is 11.3 Å². The maximum absolute atomic E-state index is 11.5. The molecule has 96 valence electrons. The molecule has 1 aromatic heterocycles. The van der Waals surface area contributed by atoms with Gasteiger partial charge in [-0.3, -0.25) is 4.21 Å². The van der Waals surface area contributed by atoms with Gasteiger partial charge in [0.05, 0.1) is 0 Å². The van der Waals surface area contributed by atoms with Gasteiger partial charge in [0.25, 0.3) is 0 Å². The van der Waals surface area contributed by atoms with Gasteiger partial charge in [0.15, 0.2) is 0 Å². The molecule has 0 radical (unpaired) electrons. The van der Waals surface area contributed by atoms with Crippen molar-refractivity contribution in [2.75, 3.05) is 12.0 Å². The fraction of sp³-hybridized carbons (Fsp3) is 0.286. The highest BCUT2D eigenvalue weighted by Crippen LogP contribution is 2.15. The predicted octanol–water partition coefficient (Wildman–Crippen LogP) is 2.96. The quantitative estimate of drug-likeness (QED) is 0.881. The van der Waals surface area contributed by atoms with Crippen LogP contribution in [0, 0.1) is 0 Å². The number of hydrogen-bond acceptors (Lipinski definition) is 3. The summed E-state index contributed by atoms with van der Waals surface area (Å²) in [6.45, 7) is 0.820. The molecule has 0 unspecified atom stereocenters. The van der Waals surface area contributed by atoms with Crippen molar-refractivity contribution in [3.05, 3.63) is 58.3 Å². The Morgan fingerprint density at radius 2 is 2.06 bits per heavy atom. The Kier molecular flexibility index (Phi) is 5.11. The van der Waals surface area contributed by atoms with Crippen molar-refractivity contribution in [3.8, 4) is 0 Å². The highest BCUT2D eigenvalue weighted by Gasteiger charge is 2.12. The Balaban J connectivity index is 2.03. The van der Waals surface area contributed by atoms with E-state index in [1.165, 1.54) is 11.1 Å². The fourth-order valence-electron chi connectivity index (χ4n) is 1.83. The molecule has 2 aromatic rings. The average molecular weight is 279 g/mol. The normalized spacial score (nSPS) is 14.3. The monoisotopic (exact) mass is 279 g/mol. The average Bonchev–Trinajstić information content (AvgIpc) is 2.88. The number of thiophene rings is 1. The Labute approximate surface area is 115 Å². The van der Waals surface area contributed by atoms with Crippen LogP contribution in [0.1, 0.15) is 17.2 Å². The van der Waals surface area contributed by atoms with Crippen LogP contribution >= 0.6 is 11.3 Å². The highest BCUT2D eigenvalue weighted by atomic mass is 32.2. The van der Waals surface area contributed by atoms with Gasteiger partial charge in [0.2, 0.25) is 0 Å². The molecular formula is C14H17NOS2. The van der Waals surface area contributed by atoms with Gasteiger partial charge in [0.1, 0.15) is 0 Å². The predicted molar refractivity (Wildman–Crippen MR) is 79.3 cm³/mol. The number of rotatable bonds is 6. The molecule has 0 fully saturated rings. The smallest absolute Gasteiger partial charge is 0.0439 e. The molecule has 0 bridgehead atoms. The van der Waals surface area contributed by atoms with E-state index in [-0.39, 0.29) is 6.04 Å². The topological polar surface area (TPSA) is 29.1 Å². The molecular weight excluding hydrogens is 262 g/mol. The third-order valence-corrected chi connectivity index (χ3v) is 4.27. The van der Waals surface area contributed by atoms with E-state index >= 15 is 0 Å². The molecule has 2 rings (SSSR count). The third kappa shape index (κ3) is 4.05. The second-order valence-electron chi connectivity index (χ2n) is 4.22. The van der Waals surface area contributed by atoms with Gasteiger partial charge < -0.3 is 5.32 Å². The molecule has 1 aromatic carbocycles. The summed E-state index contributed by atoms with van der Waals surface area (Å²) in [6.07, 6.45) is 1.75. The van der Waals surface area contributed by atoms with Crippen molar-refractivity contribution in [1.82, 2.24) is 5.32 Å². The zero-order valence-electron chi connectivity index (χ0n) is 10.3. The molecule has 0 aliphatic carbocycles. The number of hydrogen-bond donors (Lipinski definition) is 1. The van der Waals surface area contributed by atoms with Crippen LogP contribution in [0.15, 0.2) is 47.2 Å². The first-order chi connectivity index (χ1) is 8.75. The summed E-state index contributed by atoms with van der Waals surface area (Å²) < 4.78 is 11.5. The molecule has 18 heavy (non-hydrogen) atoms. The van der Waals surface area contributed by atoms with Crippen LogP contribution in [0.3, 0.4) is 0 Å². The van der Waals surface area contributed by atoms with Crippen molar-refractivity contribution in [2.45, 2.75) is 12.6 Å². The van der Waals surface area contributed by atoms with Crippen molar-refractivity contribution < 1.29 is 4.21 Å². The van der Waals surface area contributed by atoms with Crippen molar-refractivity contribution in [2.24, 2.45) is 0 Å². The van der Waals surface area contributed by atoms with Gasteiger partial charge in [0, 0.05) is 35.4 Å². The Morgan fingerprint density at radius 3 is 2.67 bits per heavy atom. The van der Waals surface area contributed by atoms with Crippen LogP contribution in [0.2, 0.25) is 0 Å². The first kappa shape index (κ1) is 13.5. The molecule has 4 heteroatoms. The summed E-state index contributed by atoms with van der Waals surface area (Å²) >= 11 is 1.70. The largest absolute Gasteiger partial charge is 0.305 e. The number of nitrogens with one attached hydrogen (secondary N) is 1. The van der Waals surface area contributed by atoms with E-state index in [1.807, 2.05) is 18.2 Å². The summed E-state index contributed by atoms with van der Waals surface area (Å²) in [6, 6.07) is 12.5. The molecule has 0 aliphatic rings. The van der Waals surface area contributed by atoms with Crippen molar-refractivity contribution in [1.29, 1.82) is 0 Å². The van der Waals surface area contributed by atoms with Gasteiger partial charge in [-0.25, -0.2) is 0 Å². The van der Waals surface area contributed by atoms with Crippen LogP contribution < -0.4 is 5.32 Å². The Hall–Kier alpha value is -0.970. The molecule has 2 atom stereocenters. The SMILES string of the molecule is C[S@](=O)C[C@@H](NCc1ccsc1)c1ccccc1. The summed E-state index contributed by atoms with van der Waals surface area (Å²) in [5.74, 6) is 0.647. The third-order valence-electron chi connectivity index (χ3n) is 2.74. The molecule has 1 heterocycles. The molecule has 0 spiro atoms. The van der Waals surface area contributed by atoms with Crippen LogP contribution in [0.4, 0.5) is 0 Å². The summed E-state index contributed by atoms with van der Waals surface area (Å²) in [5.41, 5.74) is 2.48. The maximum Gasteiger partial charge on any atom is 0.0439 e. The highest BCUT2D eigenvalue weighted by molar-refractivity contribution is 7.84. The lowest BCUT2D eigenvalue weighted by molar-refractivity contribution is 0.575. The minimum Gasteiger partial charge on any atom is -0.305 e. The van der Waals surface area contributed by atoms with Gasteiger partial charge in [-0.15, -0.1) is 0 Å². The van der Waals surface area contributed by atoms with Crippen LogP contribution in [0.5, 0.6) is 0 Å². The van der Waals surface area contributed by atoms with Crippen LogP contribution in [-0.2, 0) is 17.3 Å². The lowest BCUT2D eigenvalue weighted by Gasteiger charge is -2.17. The Morgan fingerprint density at radius 1 is 1.28 bits per heavy atom. The van der Waals surface area contributed by atoms with Crippen LogP contribution in [-0.4, -0.2) is 16.2 Å². The Bertz CT molecular complexity index is 482. The zero-order valence-corrected chi connectivity index (χ0v) is 12.0. The standard InChI is InChI=1S/C14H17NOS2/c1-18(16)11-14(13-5-3-2-4-6-13)15-9-12-7-8-17-10-12/h2-8,10,14-15H,9,11H2,1H3/t14-,18+/m1/s1. The minimum absolute atomic E-state index is 0.150. The lowest BCUT2D eigenvalue weighted by Crippen LogP contribution is -2.25. The zero-order chi connectivity index (χ0) is 12.8. The first-order valence-corrected chi connectivity index (χ1v) is 8.52. The lowest BCUT2D eigenvalue weighted by atomic mass is 10.1. The first-order valence-electron chi connectivity index (χ1n) is 5.85. The van der Waals surface area contributed by atoms with Gasteiger partial charge in [-0.05, 0) is 28.0 Å². The molecule has 0 saturated carbocycles. The second kappa shape index (κ2) is 6.83. The molecule has 1 N–H and O–H groups in total. The maximum atomic E-state index is 11.5. The van der Waals surface area contributed by atoms with Gasteiger partial charge >= 0.3 is 0 Å². The summed E-state index contributed by atoms with van der Waals surface area (Å²) in [7, 11) is -0.804. The van der Waals surface area contributed by atoms with E-state index in [9.17, 15) is 4.21 Å². The van der Waals surface area contributed by atoms with Crippen molar-refractivity contribution in [3.63, 3.8) is 0 Å². The minimum atomic E-state index is -0.804. The summed E-state index contributed by atoms with van der Waals surface area (Å²) in [4.78, 5) is 0. The molecule has 0 aliphatic heterocycles. The van der Waals surface area contributed by atoms with E-state index in [2.05, 4.69) is 34.3 Å². The van der Waals surface area contributed by atoms with E-state index in [0.29, 0.717) is 5.75 Å². The van der Waals surface area contributed by atoms with E-state index in [0.717, 1.165) is 6.54 Å². The van der Waals surface area contributed by atoms with E-state index in [1.54, 1.807) is 17.6 Å². The number of benzene rings is 1. The summed E-state index contributed by atoms with van der Waals surface area (Å²) in [5, 5.41) is 7.70. The van der Waals surface area contributed by atoms with E-state index < -0.39 is 10.8 Å². The second-order valence-corrected chi connectivity index (χ2v) is 6.48. The molecule has 2 nitrogen and oxygen atoms in total. The van der Waals surface area contributed by atoms with E-state index in [4.69, 9.17) is 0 Å².